The van der Waals surface area contributed by atoms with Crippen molar-refractivity contribution in [1.29, 1.82) is 0 Å². The number of carbonyl (C=O) groups is 1. The molecule has 1 N–H and O–H groups in total. The lowest BCUT2D eigenvalue weighted by Gasteiger charge is -2.37. The molecule has 1 fully saturated rings. The van der Waals surface area contributed by atoms with E-state index in [-0.39, 0.29) is 12.0 Å². The highest BCUT2D eigenvalue weighted by atomic mass is 79.9. The van der Waals surface area contributed by atoms with Crippen molar-refractivity contribution in [3.8, 4) is 0 Å². The molecule has 2 aromatic rings. The van der Waals surface area contributed by atoms with Gasteiger partial charge in [-0.25, -0.2) is 0 Å². The fraction of sp³-hybridized carbons (Fsp3) is 0.421. The third kappa shape index (κ3) is 3.73. The first-order valence-corrected chi connectivity index (χ1v) is 9.86. The number of hydrogen-bond donors (Lipinski definition) is 1. The molecule has 5 heteroatoms. The van der Waals surface area contributed by atoms with E-state index >= 15 is 0 Å². The zero-order valence-electron chi connectivity index (χ0n) is 14.0. The second-order valence-corrected chi connectivity index (χ2v) is 9.07. The molecule has 0 spiro atoms. The van der Waals surface area contributed by atoms with Crippen molar-refractivity contribution in [3.63, 3.8) is 0 Å². The molecule has 0 saturated carbocycles. The predicted molar refractivity (Wildman–Crippen MR) is 102 cm³/mol. The van der Waals surface area contributed by atoms with Crippen LogP contribution in [0.3, 0.4) is 0 Å². The Bertz CT molecular complexity index is 743. The summed E-state index contributed by atoms with van der Waals surface area (Å²) in [5.74, 6) is -0.943. The van der Waals surface area contributed by atoms with Gasteiger partial charge in [0.1, 0.15) is 0 Å². The Morgan fingerprint density at radius 2 is 2.12 bits per heavy atom. The molecule has 2 heterocycles. The standard InChI is InChI=1S/C19H22BrNO2S/c1-12-5-6-15(13(2)10-12)18(16-7-8-17(20)24-16)21-9-3-4-14(11-21)19(22)23/h5-8,10,14,18H,3-4,9,11H2,1-2H3,(H,22,23). The maximum absolute atomic E-state index is 11.5. The van der Waals surface area contributed by atoms with Crippen molar-refractivity contribution in [3.05, 3.63) is 55.7 Å². The number of aryl methyl sites for hydroxylation is 2. The molecule has 1 aliphatic heterocycles. The highest BCUT2D eigenvalue weighted by molar-refractivity contribution is 9.11. The van der Waals surface area contributed by atoms with Crippen molar-refractivity contribution < 1.29 is 9.90 Å². The second-order valence-electron chi connectivity index (χ2n) is 6.58. The zero-order valence-corrected chi connectivity index (χ0v) is 16.4. The van der Waals surface area contributed by atoms with Crippen LogP contribution in [-0.2, 0) is 4.79 Å². The number of benzene rings is 1. The van der Waals surface area contributed by atoms with Crippen LogP contribution in [0.15, 0.2) is 34.1 Å². The van der Waals surface area contributed by atoms with Crippen LogP contribution < -0.4 is 0 Å². The molecule has 1 aromatic carbocycles. The van der Waals surface area contributed by atoms with Crippen molar-refractivity contribution >= 4 is 33.2 Å². The van der Waals surface area contributed by atoms with Gasteiger partial charge in [-0.3, -0.25) is 9.69 Å². The maximum Gasteiger partial charge on any atom is 0.307 e. The molecule has 128 valence electrons. The van der Waals surface area contributed by atoms with Crippen molar-refractivity contribution in [2.75, 3.05) is 13.1 Å². The van der Waals surface area contributed by atoms with E-state index in [0.29, 0.717) is 6.54 Å². The Labute approximate surface area is 155 Å². The molecule has 2 unspecified atom stereocenters. The van der Waals surface area contributed by atoms with Crippen LogP contribution in [0.4, 0.5) is 0 Å². The topological polar surface area (TPSA) is 40.5 Å². The van der Waals surface area contributed by atoms with E-state index in [0.717, 1.165) is 23.2 Å². The van der Waals surface area contributed by atoms with Gasteiger partial charge in [0.05, 0.1) is 15.7 Å². The van der Waals surface area contributed by atoms with E-state index in [2.05, 4.69) is 65.0 Å². The Morgan fingerprint density at radius 3 is 2.75 bits per heavy atom. The number of halogens is 1. The molecule has 0 radical (unpaired) electrons. The summed E-state index contributed by atoms with van der Waals surface area (Å²) >= 11 is 5.30. The van der Waals surface area contributed by atoms with Crippen LogP contribution in [0.1, 0.15) is 40.5 Å². The fourth-order valence-electron chi connectivity index (χ4n) is 3.58. The number of carboxylic acid groups (broad SMARTS) is 1. The third-order valence-corrected chi connectivity index (χ3v) is 6.43. The monoisotopic (exact) mass is 407 g/mol. The van der Waals surface area contributed by atoms with Crippen LogP contribution >= 0.6 is 27.3 Å². The highest BCUT2D eigenvalue weighted by Crippen LogP contribution is 2.38. The molecule has 3 rings (SSSR count). The summed E-state index contributed by atoms with van der Waals surface area (Å²) in [5, 5.41) is 9.44. The lowest BCUT2D eigenvalue weighted by atomic mass is 9.92. The summed E-state index contributed by atoms with van der Waals surface area (Å²) < 4.78 is 1.11. The normalized spacial score (nSPS) is 20.0. The highest BCUT2D eigenvalue weighted by Gasteiger charge is 2.32. The summed E-state index contributed by atoms with van der Waals surface area (Å²) in [6.45, 7) is 5.81. The number of hydrogen-bond acceptors (Lipinski definition) is 3. The van der Waals surface area contributed by atoms with E-state index in [1.807, 2.05) is 0 Å². The minimum absolute atomic E-state index is 0.129. The lowest BCUT2D eigenvalue weighted by Crippen LogP contribution is -2.41. The van der Waals surface area contributed by atoms with Gasteiger partial charge in [0.15, 0.2) is 0 Å². The molecule has 3 nitrogen and oxygen atoms in total. The Balaban J connectivity index is 2.00. The van der Waals surface area contributed by atoms with Crippen molar-refractivity contribution in [2.24, 2.45) is 5.92 Å². The Kier molecular flexibility index (Phi) is 5.42. The van der Waals surface area contributed by atoms with Crippen molar-refractivity contribution in [2.45, 2.75) is 32.7 Å². The van der Waals surface area contributed by atoms with Crippen molar-refractivity contribution in [1.82, 2.24) is 4.90 Å². The third-order valence-electron chi connectivity index (χ3n) is 4.75. The number of nitrogens with zero attached hydrogens (tertiary/aromatic N) is 1. The van der Waals surface area contributed by atoms with Gasteiger partial charge in [0.25, 0.3) is 0 Å². The molecule has 1 saturated heterocycles. The Morgan fingerprint density at radius 1 is 1.33 bits per heavy atom. The van der Waals surface area contributed by atoms with Crippen LogP contribution in [0.5, 0.6) is 0 Å². The average molecular weight is 408 g/mol. The van der Waals surface area contributed by atoms with Gasteiger partial charge in [-0.2, -0.15) is 0 Å². The minimum atomic E-state index is -0.675. The van der Waals surface area contributed by atoms with Crippen LogP contribution in [-0.4, -0.2) is 29.1 Å². The smallest absolute Gasteiger partial charge is 0.307 e. The zero-order chi connectivity index (χ0) is 17.3. The van der Waals surface area contributed by atoms with Gasteiger partial charge in [0, 0.05) is 11.4 Å². The van der Waals surface area contributed by atoms with Gasteiger partial charge < -0.3 is 5.11 Å². The van der Waals surface area contributed by atoms with Gasteiger partial charge in [-0.05, 0) is 72.4 Å². The van der Waals surface area contributed by atoms with Crippen LogP contribution in [0.25, 0.3) is 0 Å². The first kappa shape index (κ1) is 17.6. The molecule has 0 bridgehead atoms. The summed E-state index contributed by atoms with van der Waals surface area (Å²) in [6.07, 6.45) is 1.71. The number of aliphatic carboxylic acids is 1. The molecule has 24 heavy (non-hydrogen) atoms. The minimum Gasteiger partial charge on any atom is -0.481 e. The van der Waals surface area contributed by atoms with E-state index in [1.165, 1.54) is 21.6 Å². The van der Waals surface area contributed by atoms with Gasteiger partial charge in [-0.1, -0.05) is 23.8 Å². The second kappa shape index (κ2) is 7.38. The summed E-state index contributed by atoms with van der Waals surface area (Å²) in [5.41, 5.74) is 3.80. The van der Waals surface area contributed by atoms with Gasteiger partial charge >= 0.3 is 5.97 Å². The summed E-state index contributed by atoms with van der Waals surface area (Å²) in [6, 6.07) is 10.9. The predicted octanol–water partition coefficient (Wildman–Crippen LogP) is 5.01. The van der Waals surface area contributed by atoms with E-state index < -0.39 is 5.97 Å². The molecule has 1 aromatic heterocycles. The maximum atomic E-state index is 11.5. The van der Waals surface area contributed by atoms with E-state index in [1.54, 1.807) is 11.3 Å². The lowest BCUT2D eigenvalue weighted by molar-refractivity contribution is -0.143. The summed E-state index contributed by atoms with van der Waals surface area (Å²) in [4.78, 5) is 15.1. The van der Waals surface area contributed by atoms with Crippen LogP contribution in [0, 0.1) is 19.8 Å². The Hall–Kier alpha value is -1.17. The first-order valence-electron chi connectivity index (χ1n) is 8.25. The molecular formula is C19H22BrNO2S. The number of rotatable bonds is 4. The first-order chi connectivity index (χ1) is 11.5. The van der Waals surface area contributed by atoms with Gasteiger partial charge in [-0.15, -0.1) is 11.3 Å². The van der Waals surface area contributed by atoms with E-state index in [4.69, 9.17) is 0 Å². The molecule has 0 amide bonds. The molecule has 1 aliphatic rings. The SMILES string of the molecule is Cc1ccc(C(c2ccc(Br)s2)N2CCCC(C(=O)O)C2)c(C)c1. The molecule has 2 atom stereocenters. The number of thiophene rings is 1. The van der Waals surface area contributed by atoms with Crippen LogP contribution in [0.2, 0.25) is 0 Å². The number of carboxylic acids is 1. The summed E-state index contributed by atoms with van der Waals surface area (Å²) in [7, 11) is 0. The largest absolute Gasteiger partial charge is 0.481 e. The van der Waals surface area contributed by atoms with Gasteiger partial charge in [0.2, 0.25) is 0 Å². The fourth-order valence-corrected chi connectivity index (χ4v) is 5.16. The van der Waals surface area contributed by atoms with E-state index in [9.17, 15) is 9.90 Å². The number of piperidine rings is 1. The average Bonchev–Trinajstić information content (AvgIpc) is 2.96. The number of likely N-dealkylation sites (tertiary alicyclic amines) is 1. The molecule has 0 aliphatic carbocycles. The quantitative estimate of drug-likeness (QED) is 0.773. The molecular weight excluding hydrogens is 386 g/mol.